The molecule has 1 rings (SSSR count). The van der Waals surface area contributed by atoms with E-state index in [4.69, 9.17) is 0 Å². The standard InChI is InChI=1S/C13H17F2NO2/c1-2-9(17)6-7-16-13(18)8-10-11(14)4-3-5-12(10)15/h3-5,9,17H,2,6-8H2,1H3,(H,16,18). The minimum Gasteiger partial charge on any atom is -0.393 e. The summed E-state index contributed by atoms with van der Waals surface area (Å²) in [7, 11) is 0. The van der Waals surface area contributed by atoms with E-state index in [-0.39, 0.29) is 12.0 Å². The number of halogens is 2. The zero-order valence-corrected chi connectivity index (χ0v) is 10.2. The number of benzene rings is 1. The van der Waals surface area contributed by atoms with E-state index in [2.05, 4.69) is 5.32 Å². The third-order valence-corrected chi connectivity index (χ3v) is 2.67. The van der Waals surface area contributed by atoms with Gasteiger partial charge in [0, 0.05) is 12.1 Å². The van der Waals surface area contributed by atoms with E-state index in [0.717, 1.165) is 12.1 Å². The zero-order chi connectivity index (χ0) is 13.5. The number of aliphatic hydroxyl groups excluding tert-OH is 1. The molecule has 0 saturated heterocycles. The van der Waals surface area contributed by atoms with Crippen LogP contribution in [0.25, 0.3) is 0 Å². The summed E-state index contributed by atoms with van der Waals surface area (Å²) in [5.74, 6) is -1.90. The van der Waals surface area contributed by atoms with Crippen LogP contribution in [0.1, 0.15) is 25.3 Å². The van der Waals surface area contributed by atoms with E-state index >= 15 is 0 Å². The quantitative estimate of drug-likeness (QED) is 0.816. The summed E-state index contributed by atoms with van der Waals surface area (Å²) in [4.78, 5) is 11.5. The van der Waals surface area contributed by atoms with Crippen LogP contribution in [0.4, 0.5) is 8.78 Å². The third-order valence-electron chi connectivity index (χ3n) is 2.67. The zero-order valence-electron chi connectivity index (χ0n) is 10.2. The SMILES string of the molecule is CCC(O)CCNC(=O)Cc1c(F)cccc1F. The molecular formula is C13H17F2NO2. The molecule has 1 unspecified atom stereocenters. The lowest BCUT2D eigenvalue weighted by atomic mass is 10.1. The molecule has 0 bridgehead atoms. The molecule has 0 aliphatic carbocycles. The van der Waals surface area contributed by atoms with Crippen LogP contribution in [0, 0.1) is 11.6 Å². The molecule has 18 heavy (non-hydrogen) atoms. The van der Waals surface area contributed by atoms with Crippen LogP contribution < -0.4 is 5.32 Å². The summed E-state index contributed by atoms with van der Waals surface area (Å²) in [6.45, 7) is 2.13. The summed E-state index contributed by atoms with van der Waals surface area (Å²) >= 11 is 0. The third kappa shape index (κ3) is 4.41. The van der Waals surface area contributed by atoms with Gasteiger partial charge in [0.1, 0.15) is 11.6 Å². The Labute approximate surface area is 105 Å². The fourth-order valence-corrected chi connectivity index (χ4v) is 1.51. The van der Waals surface area contributed by atoms with Crippen molar-refractivity contribution < 1.29 is 18.7 Å². The molecule has 1 amide bonds. The molecule has 0 fully saturated rings. The van der Waals surface area contributed by atoms with Crippen molar-refractivity contribution in [1.29, 1.82) is 0 Å². The molecule has 0 saturated carbocycles. The normalized spacial score (nSPS) is 12.2. The Morgan fingerprint density at radius 2 is 2.00 bits per heavy atom. The van der Waals surface area contributed by atoms with Gasteiger partial charge in [-0.25, -0.2) is 8.78 Å². The van der Waals surface area contributed by atoms with Crippen molar-refractivity contribution in [2.45, 2.75) is 32.3 Å². The van der Waals surface area contributed by atoms with Crippen LogP contribution in [0.2, 0.25) is 0 Å². The molecule has 3 nitrogen and oxygen atoms in total. The van der Waals surface area contributed by atoms with Gasteiger partial charge < -0.3 is 10.4 Å². The molecule has 0 spiro atoms. The molecule has 0 aromatic heterocycles. The number of carbonyl (C=O) groups excluding carboxylic acids is 1. The predicted octanol–water partition coefficient (Wildman–Crippen LogP) is 1.78. The number of aliphatic hydroxyl groups is 1. The highest BCUT2D eigenvalue weighted by atomic mass is 19.1. The van der Waals surface area contributed by atoms with Crippen molar-refractivity contribution in [3.05, 3.63) is 35.4 Å². The van der Waals surface area contributed by atoms with Gasteiger partial charge in [-0.2, -0.15) is 0 Å². The maximum Gasteiger partial charge on any atom is 0.224 e. The smallest absolute Gasteiger partial charge is 0.224 e. The van der Waals surface area contributed by atoms with Crippen LogP contribution in [0.5, 0.6) is 0 Å². The minimum atomic E-state index is -0.723. The Morgan fingerprint density at radius 3 is 2.56 bits per heavy atom. The lowest BCUT2D eigenvalue weighted by molar-refractivity contribution is -0.120. The molecule has 0 heterocycles. The second-order valence-corrected chi connectivity index (χ2v) is 4.08. The average Bonchev–Trinajstić information content (AvgIpc) is 2.34. The molecule has 0 aliphatic rings. The van der Waals surface area contributed by atoms with Crippen molar-refractivity contribution >= 4 is 5.91 Å². The highest BCUT2D eigenvalue weighted by Gasteiger charge is 2.12. The topological polar surface area (TPSA) is 49.3 Å². The van der Waals surface area contributed by atoms with Crippen LogP contribution >= 0.6 is 0 Å². The summed E-state index contributed by atoms with van der Waals surface area (Å²) in [5, 5.41) is 11.8. The molecule has 100 valence electrons. The molecule has 0 radical (unpaired) electrons. The first kappa shape index (κ1) is 14.6. The summed E-state index contributed by atoms with van der Waals surface area (Å²) < 4.78 is 26.5. The summed E-state index contributed by atoms with van der Waals surface area (Å²) in [6, 6.07) is 3.49. The van der Waals surface area contributed by atoms with Gasteiger partial charge in [-0.05, 0) is 25.0 Å². The van der Waals surface area contributed by atoms with Crippen molar-refractivity contribution in [3.63, 3.8) is 0 Å². The molecule has 1 atom stereocenters. The number of amides is 1. The van der Waals surface area contributed by atoms with Gasteiger partial charge in [-0.1, -0.05) is 13.0 Å². The van der Waals surface area contributed by atoms with E-state index < -0.39 is 23.6 Å². The summed E-state index contributed by atoms with van der Waals surface area (Å²) in [5.41, 5.74) is -0.231. The first-order chi connectivity index (χ1) is 8.54. The Bertz CT molecular complexity index is 390. The predicted molar refractivity (Wildman–Crippen MR) is 64.0 cm³/mol. The van der Waals surface area contributed by atoms with Gasteiger partial charge in [-0.15, -0.1) is 0 Å². The first-order valence-corrected chi connectivity index (χ1v) is 5.92. The minimum absolute atomic E-state index is 0.231. The largest absolute Gasteiger partial charge is 0.393 e. The van der Waals surface area contributed by atoms with Gasteiger partial charge >= 0.3 is 0 Å². The van der Waals surface area contributed by atoms with E-state index in [0.29, 0.717) is 19.4 Å². The molecule has 5 heteroatoms. The van der Waals surface area contributed by atoms with Crippen LogP contribution in [0.15, 0.2) is 18.2 Å². The maximum atomic E-state index is 13.3. The monoisotopic (exact) mass is 257 g/mol. The lowest BCUT2D eigenvalue weighted by Gasteiger charge is -2.09. The van der Waals surface area contributed by atoms with E-state index in [1.165, 1.54) is 6.07 Å². The van der Waals surface area contributed by atoms with E-state index in [1.54, 1.807) is 0 Å². The second-order valence-electron chi connectivity index (χ2n) is 4.08. The number of hydrogen-bond acceptors (Lipinski definition) is 2. The summed E-state index contributed by atoms with van der Waals surface area (Å²) in [6.07, 6.45) is 0.246. The van der Waals surface area contributed by atoms with Crippen LogP contribution in [-0.4, -0.2) is 23.7 Å². The maximum absolute atomic E-state index is 13.3. The Hall–Kier alpha value is -1.49. The fourth-order valence-electron chi connectivity index (χ4n) is 1.51. The molecule has 2 N–H and O–H groups in total. The van der Waals surface area contributed by atoms with Gasteiger partial charge in [0.2, 0.25) is 5.91 Å². The highest BCUT2D eigenvalue weighted by molar-refractivity contribution is 5.78. The second kappa shape index (κ2) is 7.06. The molecule has 0 aliphatic heterocycles. The number of nitrogens with one attached hydrogen (secondary N) is 1. The Kier molecular flexibility index (Phi) is 5.71. The molecule has 1 aromatic rings. The van der Waals surface area contributed by atoms with Gasteiger partial charge in [0.25, 0.3) is 0 Å². The van der Waals surface area contributed by atoms with Crippen LogP contribution in [-0.2, 0) is 11.2 Å². The fraction of sp³-hybridized carbons (Fsp3) is 0.462. The van der Waals surface area contributed by atoms with Crippen molar-refractivity contribution in [1.82, 2.24) is 5.32 Å². The lowest BCUT2D eigenvalue weighted by Crippen LogP contribution is -2.28. The Morgan fingerprint density at radius 1 is 1.39 bits per heavy atom. The van der Waals surface area contributed by atoms with Crippen molar-refractivity contribution in [2.24, 2.45) is 0 Å². The van der Waals surface area contributed by atoms with Crippen molar-refractivity contribution in [3.8, 4) is 0 Å². The Balaban J connectivity index is 2.45. The van der Waals surface area contributed by atoms with E-state index in [1.807, 2.05) is 6.92 Å². The van der Waals surface area contributed by atoms with Gasteiger partial charge in [0.15, 0.2) is 0 Å². The van der Waals surface area contributed by atoms with Crippen LogP contribution in [0.3, 0.4) is 0 Å². The number of rotatable bonds is 6. The molecule has 1 aromatic carbocycles. The van der Waals surface area contributed by atoms with E-state index in [9.17, 15) is 18.7 Å². The average molecular weight is 257 g/mol. The van der Waals surface area contributed by atoms with Crippen molar-refractivity contribution in [2.75, 3.05) is 6.54 Å². The van der Waals surface area contributed by atoms with Gasteiger partial charge in [0.05, 0.1) is 12.5 Å². The first-order valence-electron chi connectivity index (χ1n) is 5.92. The highest BCUT2D eigenvalue weighted by Crippen LogP contribution is 2.12. The number of carbonyl (C=O) groups is 1. The van der Waals surface area contributed by atoms with Gasteiger partial charge in [-0.3, -0.25) is 4.79 Å². The molecular weight excluding hydrogens is 240 g/mol. The number of hydrogen-bond donors (Lipinski definition) is 2.